The van der Waals surface area contributed by atoms with Crippen LogP contribution in [0.5, 0.6) is 0 Å². The third-order valence-electron chi connectivity index (χ3n) is 1.43. The molecular weight excluding hydrogens is 100 g/mol. The molecule has 0 radical (unpaired) electrons. The van der Waals surface area contributed by atoms with Crippen LogP contribution in [0.15, 0.2) is 5.10 Å². The fraction of sp³-hybridized carbons (Fsp3) is 0.833. The smallest absolute Gasteiger partial charge is 0.0362 e. The highest BCUT2D eigenvalue weighted by atomic mass is 15.4. The van der Waals surface area contributed by atoms with Gasteiger partial charge in [0.1, 0.15) is 0 Å². The van der Waals surface area contributed by atoms with Crippen LogP contribution in [-0.2, 0) is 0 Å². The van der Waals surface area contributed by atoms with Crippen LogP contribution in [0.3, 0.4) is 0 Å². The van der Waals surface area contributed by atoms with Gasteiger partial charge in [-0.3, -0.25) is 0 Å². The van der Waals surface area contributed by atoms with Gasteiger partial charge >= 0.3 is 0 Å². The lowest BCUT2D eigenvalue weighted by atomic mass is 10.1. The average Bonchev–Trinajstić information content (AvgIpc) is 1.77. The summed E-state index contributed by atoms with van der Waals surface area (Å²) >= 11 is 0. The topological polar surface area (TPSA) is 15.6 Å². The van der Waals surface area contributed by atoms with E-state index in [0.29, 0.717) is 5.92 Å². The van der Waals surface area contributed by atoms with Crippen molar-refractivity contribution in [1.82, 2.24) is 5.01 Å². The van der Waals surface area contributed by atoms with Gasteiger partial charge in [-0.1, -0.05) is 6.92 Å². The highest BCUT2D eigenvalue weighted by Gasteiger charge is 2.04. The van der Waals surface area contributed by atoms with Gasteiger partial charge in [0.2, 0.25) is 0 Å². The maximum absolute atomic E-state index is 4.12. The molecular formula is C6H12N2. The van der Waals surface area contributed by atoms with Crippen molar-refractivity contribution >= 4 is 6.21 Å². The highest BCUT2D eigenvalue weighted by Crippen LogP contribution is 2.04. The Hall–Kier alpha value is -0.530. The largest absolute Gasteiger partial charge is 0.300 e. The zero-order valence-corrected chi connectivity index (χ0v) is 5.46. The summed E-state index contributed by atoms with van der Waals surface area (Å²) in [6.45, 7) is 3.30. The maximum Gasteiger partial charge on any atom is 0.0362 e. The van der Waals surface area contributed by atoms with E-state index in [2.05, 4.69) is 12.0 Å². The van der Waals surface area contributed by atoms with Gasteiger partial charge in [0.15, 0.2) is 0 Å². The van der Waals surface area contributed by atoms with E-state index < -0.39 is 0 Å². The monoisotopic (exact) mass is 112 g/mol. The second-order valence-electron chi connectivity index (χ2n) is 2.41. The Bertz CT molecular complexity index is 86.7. The van der Waals surface area contributed by atoms with Crippen molar-refractivity contribution in [2.75, 3.05) is 13.6 Å². The van der Waals surface area contributed by atoms with Crippen LogP contribution in [0.1, 0.15) is 13.3 Å². The summed E-state index contributed by atoms with van der Waals surface area (Å²) < 4.78 is 0. The van der Waals surface area contributed by atoms with Crippen LogP contribution >= 0.6 is 0 Å². The number of hydrazone groups is 1. The van der Waals surface area contributed by atoms with Gasteiger partial charge in [0.25, 0.3) is 0 Å². The molecule has 1 aliphatic rings. The van der Waals surface area contributed by atoms with Gasteiger partial charge in [-0.15, -0.1) is 0 Å². The van der Waals surface area contributed by atoms with Crippen LogP contribution in [0.25, 0.3) is 0 Å². The van der Waals surface area contributed by atoms with Crippen LogP contribution in [-0.4, -0.2) is 24.8 Å². The van der Waals surface area contributed by atoms with E-state index in [1.807, 2.05) is 18.3 Å². The van der Waals surface area contributed by atoms with Crippen LogP contribution < -0.4 is 0 Å². The number of rotatable bonds is 0. The minimum atomic E-state index is 0.686. The first kappa shape index (κ1) is 5.60. The third-order valence-corrected chi connectivity index (χ3v) is 1.43. The van der Waals surface area contributed by atoms with Gasteiger partial charge in [-0.05, 0) is 12.3 Å². The van der Waals surface area contributed by atoms with Crippen LogP contribution in [0.2, 0.25) is 0 Å². The second kappa shape index (κ2) is 2.16. The molecule has 2 heteroatoms. The summed E-state index contributed by atoms with van der Waals surface area (Å²) in [5.74, 6) is 0.686. The first-order valence-corrected chi connectivity index (χ1v) is 3.04. The Labute approximate surface area is 50.2 Å². The fourth-order valence-corrected chi connectivity index (χ4v) is 0.750. The zero-order chi connectivity index (χ0) is 5.98. The molecule has 1 unspecified atom stereocenters. The fourth-order valence-electron chi connectivity index (χ4n) is 0.750. The first-order chi connectivity index (χ1) is 3.79. The number of nitrogens with zero attached hydrogens (tertiary/aromatic N) is 2. The Balaban J connectivity index is 2.42. The molecule has 1 aliphatic heterocycles. The molecule has 2 nitrogen and oxygen atoms in total. The summed E-state index contributed by atoms with van der Waals surface area (Å²) in [6, 6.07) is 0. The lowest BCUT2D eigenvalue weighted by Gasteiger charge is -2.19. The molecule has 0 saturated heterocycles. The van der Waals surface area contributed by atoms with Crippen LogP contribution in [0.4, 0.5) is 0 Å². The van der Waals surface area contributed by atoms with Crippen molar-refractivity contribution < 1.29 is 0 Å². The van der Waals surface area contributed by atoms with Crippen LogP contribution in [0, 0.1) is 5.92 Å². The van der Waals surface area contributed by atoms with Gasteiger partial charge < -0.3 is 5.01 Å². The molecule has 0 aromatic heterocycles. The van der Waals surface area contributed by atoms with Crippen molar-refractivity contribution in [3.8, 4) is 0 Å². The standard InChI is InChI=1S/C6H12N2/c1-6-3-4-8(2)7-5-6/h5-6H,3-4H2,1-2H3. The van der Waals surface area contributed by atoms with E-state index in [9.17, 15) is 0 Å². The maximum atomic E-state index is 4.12. The molecule has 0 aromatic rings. The Morgan fingerprint density at radius 1 is 1.75 bits per heavy atom. The van der Waals surface area contributed by atoms with Crippen molar-refractivity contribution in [3.63, 3.8) is 0 Å². The van der Waals surface area contributed by atoms with Gasteiger partial charge in [0, 0.05) is 19.8 Å². The number of hydrogen-bond acceptors (Lipinski definition) is 2. The minimum Gasteiger partial charge on any atom is -0.300 e. The lowest BCUT2D eigenvalue weighted by molar-refractivity contribution is 0.318. The molecule has 0 saturated carbocycles. The predicted molar refractivity (Wildman–Crippen MR) is 34.9 cm³/mol. The van der Waals surface area contributed by atoms with Crippen molar-refractivity contribution in [3.05, 3.63) is 0 Å². The molecule has 46 valence electrons. The van der Waals surface area contributed by atoms with E-state index in [1.54, 1.807) is 0 Å². The molecule has 0 fully saturated rings. The van der Waals surface area contributed by atoms with Crippen molar-refractivity contribution in [1.29, 1.82) is 0 Å². The molecule has 0 bridgehead atoms. The molecule has 0 spiro atoms. The Kier molecular flexibility index (Phi) is 1.51. The number of hydrogen-bond donors (Lipinski definition) is 0. The van der Waals surface area contributed by atoms with E-state index in [0.717, 1.165) is 6.54 Å². The zero-order valence-electron chi connectivity index (χ0n) is 5.46. The summed E-state index contributed by atoms with van der Waals surface area (Å²) in [4.78, 5) is 0. The Morgan fingerprint density at radius 2 is 2.50 bits per heavy atom. The van der Waals surface area contributed by atoms with E-state index >= 15 is 0 Å². The summed E-state index contributed by atoms with van der Waals surface area (Å²) in [7, 11) is 2.00. The van der Waals surface area contributed by atoms with Crippen molar-refractivity contribution in [2.24, 2.45) is 11.0 Å². The molecule has 0 amide bonds. The van der Waals surface area contributed by atoms with E-state index in [-0.39, 0.29) is 0 Å². The van der Waals surface area contributed by atoms with Crippen molar-refractivity contribution in [2.45, 2.75) is 13.3 Å². The molecule has 0 aliphatic carbocycles. The molecule has 0 aromatic carbocycles. The summed E-state index contributed by atoms with van der Waals surface area (Å²) in [5.41, 5.74) is 0. The summed E-state index contributed by atoms with van der Waals surface area (Å²) in [6.07, 6.45) is 3.25. The lowest BCUT2D eigenvalue weighted by Crippen LogP contribution is -2.21. The highest BCUT2D eigenvalue weighted by molar-refractivity contribution is 5.60. The predicted octanol–water partition coefficient (Wildman–Crippen LogP) is 0.944. The van der Waals surface area contributed by atoms with Gasteiger partial charge in [-0.2, -0.15) is 5.10 Å². The quantitative estimate of drug-likeness (QED) is 0.455. The molecule has 8 heavy (non-hydrogen) atoms. The summed E-state index contributed by atoms with van der Waals surface area (Å²) in [5, 5.41) is 6.09. The van der Waals surface area contributed by atoms with Gasteiger partial charge in [0.05, 0.1) is 0 Å². The SMILES string of the molecule is CC1C=NN(C)CC1. The minimum absolute atomic E-state index is 0.686. The molecule has 1 atom stereocenters. The van der Waals surface area contributed by atoms with E-state index in [4.69, 9.17) is 0 Å². The van der Waals surface area contributed by atoms with Gasteiger partial charge in [-0.25, -0.2) is 0 Å². The normalized spacial score (nSPS) is 28.8. The molecule has 0 N–H and O–H groups in total. The first-order valence-electron chi connectivity index (χ1n) is 3.04. The molecule has 1 rings (SSSR count). The average molecular weight is 112 g/mol. The third kappa shape index (κ3) is 1.22. The molecule has 1 heterocycles. The second-order valence-corrected chi connectivity index (χ2v) is 2.41. The van der Waals surface area contributed by atoms with E-state index in [1.165, 1.54) is 6.42 Å². The Morgan fingerprint density at radius 3 is 2.88 bits per heavy atom.